The van der Waals surface area contributed by atoms with Gasteiger partial charge in [-0.3, -0.25) is 4.79 Å². The predicted octanol–water partition coefficient (Wildman–Crippen LogP) is 3.24. The van der Waals surface area contributed by atoms with Gasteiger partial charge < -0.3 is 19.4 Å². The van der Waals surface area contributed by atoms with Gasteiger partial charge in [0.1, 0.15) is 11.5 Å². The van der Waals surface area contributed by atoms with Crippen LogP contribution < -0.4 is 10.3 Å². The van der Waals surface area contributed by atoms with Crippen molar-refractivity contribution in [3.8, 4) is 11.3 Å². The van der Waals surface area contributed by atoms with Crippen LogP contribution in [0.4, 0.5) is 5.82 Å². The molecule has 0 unspecified atom stereocenters. The Morgan fingerprint density at radius 2 is 1.94 bits per heavy atom. The summed E-state index contributed by atoms with van der Waals surface area (Å²) in [5.74, 6) is 0.424. The molecule has 0 atom stereocenters. The van der Waals surface area contributed by atoms with Gasteiger partial charge in [-0.25, -0.2) is 9.48 Å². The molecule has 0 bridgehead atoms. The van der Waals surface area contributed by atoms with E-state index < -0.39 is 0 Å². The zero-order valence-corrected chi connectivity index (χ0v) is 19.7. The van der Waals surface area contributed by atoms with Gasteiger partial charge >= 0.3 is 5.97 Å². The molecule has 0 radical (unpaired) electrons. The molecule has 35 heavy (non-hydrogen) atoms. The van der Waals surface area contributed by atoms with Gasteiger partial charge in [-0.1, -0.05) is 29.5 Å². The Balaban J connectivity index is 1.44. The molecule has 0 saturated carbocycles. The van der Waals surface area contributed by atoms with Crippen LogP contribution in [0.25, 0.3) is 22.2 Å². The average molecular weight is 474 g/mol. The van der Waals surface area contributed by atoms with Gasteiger partial charge in [0.25, 0.3) is 0 Å². The first-order valence-electron chi connectivity index (χ1n) is 11.7. The Labute approximate surface area is 202 Å². The molecule has 3 heterocycles. The molecule has 0 spiro atoms. The lowest BCUT2D eigenvalue weighted by Crippen LogP contribution is -2.37. The molecule has 1 saturated heterocycles. The topological polar surface area (TPSA) is 102 Å². The molecule has 9 heteroatoms. The van der Waals surface area contributed by atoms with Crippen LogP contribution in [0.15, 0.2) is 59.5 Å². The fourth-order valence-corrected chi connectivity index (χ4v) is 4.21. The summed E-state index contributed by atoms with van der Waals surface area (Å²) in [7, 11) is 0. The second-order valence-electron chi connectivity index (χ2n) is 8.80. The number of morpholine rings is 1. The number of fused-ring (bicyclic) bond motifs is 1. The Morgan fingerprint density at radius 3 is 2.74 bits per heavy atom. The minimum absolute atomic E-state index is 0.0421. The summed E-state index contributed by atoms with van der Waals surface area (Å²) in [6.45, 7) is 6.80. The molecule has 0 amide bonds. The van der Waals surface area contributed by atoms with Crippen LogP contribution in [0.1, 0.15) is 29.8 Å². The van der Waals surface area contributed by atoms with E-state index in [0.717, 1.165) is 35.6 Å². The molecular formula is C26H27N5O4. The standard InChI is InChI=1S/C26H27N5O4/c1-17(2)35-26(33)19-6-3-5-18(13-19)15-31-16-22(28-29-31)20-7-4-8-21-23(32)14-24(27-25(20)21)30-9-11-34-12-10-30/h3-8,13-14,16-17H,9-12,15H2,1-2H3,(H,27,32). The summed E-state index contributed by atoms with van der Waals surface area (Å²) >= 11 is 0. The van der Waals surface area contributed by atoms with Crippen molar-refractivity contribution in [1.29, 1.82) is 0 Å². The second-order valence-corrected chi connectivity index (χ2v) is 8.80. The third-order valence-electron chi connectivity index (χ3n) is 5.87. The third kappa shape index (κ3) is 4.95. The van der Waals surface area contributed by atoms with E-state index in [9.17, 15) is 9.59 Å². The largest absolute Gasteiger partial charge is 0.459 e. The molecular weight excluding hydrogens is 446 g/mol. The van der Waals surface area contributed by atoms with Crippen molar-refractivity contribution in [2.45, 2.75) is 26.5 Å². The van der Waals surface area contributed by atoms with Crippen molar-refractivity contribution >= 4 is 22.7 Å². The number of ether oxygens (including phenoxy) is 2. The first-order chi connectivity index (χ1) is 17.0. The van der Waals surface area contributed by atoms with Crippen LogP contribution in [0.2, 0.25) is 0 Å². The number of pyridine rings is 1. The Hall–Kier alpha value is -3.98. The summed E-state index contributed by atoms with van der Waals surface area (Å²) in [5.41, 5.74) is 3.54. The van der Waals surface area contributed by atoms with Gasteiger partial charge in [0, 0.05) is 30.1 Å². The average Bonchev–Trinajstić information content (AvgIpc) is 3.32. The summed E-state index contributed by atoms with van der Waals surface area (Å²) in [5, 5.41) is 9.25. The van der Waals surface area contributed by atoms with Crippen molar-refractivity contribution < 1.29 is 14.3 Å². The Kier molecular flexibility index (Phi) is 6.33. The number of aromatic amines is 1. The number of nitrogens with one attached hydrogen (secondary N) is 1. The molecule has 5 rings (SSSR count). The van der Waals surface area contributed by atoms with Crippen molar-refractivity contribution in [1.82, 2.24) is 20.0 Å². The van der Waals surface area contributed by atoms with E-state index >= 15 is 0 Å². The maximum absolute atomic E-state index is 12.9. The molecule has 4 aromatic rings. The number of hydrogen-bond acceptors (Lipinski definition) is 7. The molecule has 1 aliphatic rings. The number of H-pyrrole nitrogens is 1. The van der Waals surface area contributed by atoms with Crippen LogP contribution in [-0.2, 0) is 16.0 Å². The van der Waals surface area contributed by atoms with Gasteiger partial charge in [-0.2, -0.15) is 0 Å². The number of benzene rings is 2. The predicted molar refractivity (Wildman–Crippen MR) is 133 cm³/mol. The normalized spacial score (nSPS) is 14.0. The van der Waals surface area contributed by atoms with Crippen LogP contribution in [0.3, 0.4) is 0 Å². The zero-order valence-electron chi connectivity index (χ0n) is 19.7. The summed E-state index contributed by atoms with van der Waals surface area (Å²) in [6, 6.07) is 14.5. The smallest absolute Gasteiger partial charge is 0.338 e. The van der Waals surface area contributed by atoms with Gasteiger partial charge in [0.15, 0.2) is 5.43 Å². The zero-order chi connectivity index (χ0) is 24.4. The number of aromatic nitrogens is 4. The van der Waals surface area contributed by atoms with Gasteiger partial charge in [-0.15, -0.1) is 5.10 Å². The minimum atomic E-state index is -0.350. The molecule has 180 valence electrons. The molecule has 2 aromatic heterocycles. The molecule has 9 nitrogen and oxygen atoms in total. The SMILES string of the molecule is CC(C)OC(=O)c1cccc(Cn2cc(-c3cccc4c(=O)cc(N5CCOCC5)[nH]c34)nn2)c1. The van der Waals surface area contributed by atoms with E-state index in [-0.39, 0.29) is 17.5 Å². The van der Waals surface area contributed by atoms with Crippen molar-refractivity contribution in [2.75, 3.05) is 31.2 Å². The van der Waals surface area contributed by atoms with Gasteiger partial charge in [0.2, 0.25) is 0 Å². The number of para-hydroxylation sites is 1. The first-order valence-corrected chi connectivity index (χ1v) is 11.7. The lowest BCUT2D eigenvalue weighted by atomic mass is 10.1. The number of carbonyl (C=O) groups excluding carboxylic acids is 1. The highest BCUT2D eigenvalue weighted by Gasteiger charge is 2.16. The highest BCUT2D eigenvalue weighted by molar-refractivity contribution is 5.93. The summed E-state index contributed by atoms with van der Waals surface area (Å²) in [4.78, 5) is 30.7. The molecule has 1 N–H and O–H groups in total. The van der Waals surface area contributed by atoms with Crippen molar-refractivity contribution in [3.05, 3.63) is 76.1 Å². The van der Waals surface area contributed by atoms with Crippen LogP contribution in [-0.4, -0.2) is 58.4 Å². The summed E-state index contributed by atoms with van der Waals surface area (Å²) < 4.78 is 12.4. The number of rotatable bonds is 6. The quantitative estimate of drug-likeness (QED) is 0.429. The fourth-order valence-electron chi connectivity index (χ4n) is 4.21. The van der Waals surface area contributed by atoms with Crippen LogP contribution >= 0.6 is 0 Å². The molecule has 1 fully saturated rings. The molecule has 2 aromatic carbocycles. The van der Waals surface area contributed by atoms with E-state index in [1.165, 1.54) is 0 Å². The van der Waals surface area contributed by atoms with E-state index in [1.54, 1.807) is 22.9 Å². The Bertz CT molecular complexity index is 1420. The minimum Gasteiger partial charge on any atom is -0.459 e. The van der Waals surface area contributed by atoms with E-state index in [1.807, 2.05) is 50.4 Å². The fraction of sp³-hybridized carbons (Fsp3) is 0.308. The maximum Gasteiger partial charge on any atom is 0.338 e. The third-order valence-corrected chi connectivity index (χ3v) is 5.87. The first kappa shape index (κ1) is 22.8. The van der Waals surface area contributed by atoms with Crippen LogP contribution in [0, 0.1) is 0 Å². The monoisotopic (exact) mass is 473 g/mol. The highest BCUT2D eigenvalue weighted by atomic mass is 16.5. The number of nitrogens with zero attached hydrogens (tertiary/aromatic N) is 4. The maximum atomic E-state index is 12.9. The van der Waals surface area contributed by atoms with Crippen LogP contribution in [0.5, 0.6) is 0 Å². The highest BCUT2D eigenvalue weighted by Crippen LogP contribution is 2.26. The number of anilines is 1. The number of carbonyl (C=O) groups is 1. The lowest BCUT2D eigenvalue weighted by Gasteiger charge is -2.28. The number of esters is 1. The molecule has 0 aliphatic carbocycles. The van der Waals surface area contributed by atoms with E-state index in [4.69, 9.17) is 9.47 Å². The van der Waals surface area contributed by atoms with E-state index in [0.29, 0.717) is 36.4 Å². The van der Waals surface area contributed by atoms with E-state index in [2.05, 4.69) is 20.2 Å². The van der Waals surface area contributed by atoms with Gasteiger partial charge in [0.05, 0.1) is 43.1 Å². The Morgan fingerprint density at radius 1 is 1.14 bits per heavy atom. The van der Waals surface area contributed by atoms with Gasteiger partial charge in [-0.05, 0) is 37.6 Å². The molecule has 1 aliphatic heterocycles. The summed E-state index contributed by atoms with van der Waals surface area (Å²) in [6.07, 6.45) is 1.66. The lowest BCUT2D eigenvalue weighted by molar-refractivity contribution is 0.0377. The number of hydrogen-bond donors (Lipinski definition) is 1. The van der Waals surface area contributed by atoms with Crippen molar-refractivity contribution in [2.24, 2.45) is 0 Å². The van der Waals surface area contributed by atoms with Crippen molar-refractivity contribution in [3.63, 3.8) is 0 Å². The second kappa shape index (κ2) is 9.71.